The summed E-state index contributed by atoms with van der Waals surface area (Å²) in [6.45, 7) is 8.50. The van der Waals surface area contributed by atoms with E-state index in [1.165, 1.54) is 5.56 Å². The summed E-state index contributed by atoms with van der Waals surface area (Å²) in [6, 6.07) is 10.3. The van der Waals surface area contributed by atoms with Crippen molar-refractivity contribution >= 4 is 5.97 Å². The minimum Gasteiger partial charge on any atom is -0.459 e. The molecule has 26 heavy (non-hydrogen) atoms. The van der Waals surface area contributed by atoms with E-state index in [1.807, 2.05) is 25.1 Å². The zero-order chi connectivity index (χ0) is 18.9. The normalized spacial score (nSPS) is 33.2. The van der Waals surface area contributed by atoms with E-state index in [9.17, 15) is 9.90 Å². The summed E-state index contributed by atoms with van der Waals surface area (Å²) in [5, 5.41) is 11.0. The molecule has 0 spiro atoms. The van der Waals surface area contributed by atoms with Gasteiger partial charge in [-0.1, -0.05) is 63.9 Å². The fraction of sp³-hybridized carbons (Fsp3) is 0.696. The van der Waals surface area contributed by atoms with E-state index >= 15 is 0 Å². The van der Waals surface area contributed by atoms with Crippen molar-refractivity contribution in [3.63, 3.8) is 0 Å². The Kier molecular flexibility index (Phi) is 5.48. The molecule has 3 fully saturated rings. The monoisotopic (exact) mass is 358 g/mol. The van der Waals surface area contributed by atoms with Crippen molar-refractivity contribution in [1.82, 2.24) is 0 Å². The molecule has 3 nitrogen and oxygen atoms in total. The predicted molar refractivity (Wildman–Crippen MR) is 104 cm³/mol. The maximum absolute atomic E-state index is 12.7. The molecule has 1 aromatic carbocycles. The van der Waals surface area contributed by atoms with Gasteiger partial charge in [0.15, 0.2) is 0 Å². The van der Waals surface area contributed by atoms with Crippen molar-refractivity contribution in [1.29, 1.82) is 0 Å². The van der Waals surface area contributed by atoms with Gasteiger partial charge in [0, 0.05) is 0 Å². The Morgan fingerprint density at radius 3 is 2.50 bits per heavy atom. The second-order valence-electron chi connectivity index (χ2n) is 9.20. The van der Waals surface area contributed by atoms with Crippen molar-refractivity contribution in [3.8, 4) is 0 Å². The number of carbonyl (C=O) groups is 1. The third-order valence-corrected chi connectivity index (χ3v) is 7.19. The first kappa shape index (κ1) is 19.4. The van der Waals surface area contributed by atoms with Crippen molar-refractivity contribution in [3.05, 3.63) is 35.9 Å². The van der Waals surface area contributed by atoms with Gasteiger partial charge < -0.3 is 9.84 Å². The quantitative estimate of drug-likeness (QED) is 0.692. The number of hydrogen-bond acceptors (Lipinski definition) is 3. The molecule has 5 atom stereocenters. The van der Waals surface area contributed by atoms with Crippen LogP contribution >= 0.6 is 0 Å². The van der Waals surface area contributed by atoms with Crippen LogP contribution in [0.1, 0.15) is 77.7 Å². The number of benzene rings is 1. The summed E-state index contributed by atoms with van der Waals surface area (Å²) in [5.74, 6) is 0.801. The highest BCUT2D eigenvalue weighted by molar-refractivity contribution is 5.71. The van der Waals surface area contributed by atoms with E-state index in [-0.39, 0.29) is 29.3 Å². The standard InChI is InChI=1S/C23H34O3/c1-5-6-10-17(16-11-8-7-9-12-16)13-21(24)26-20-15-18-14-19(22(18,2)3)23(20,4)25/h7-9,11-12,17-20,25H,5-6,10,13-15H2,1-4H3/t17-,18-,19-,20+,23-/m1/s1. The second kappa shape index (κ2) is 7.34. The number of unbranched alkanes of at least 4 members (excludes halogenated alkanes) is 1. The average Bonchev–Trinajstić information content (AvgIpc) is 2.60. The Bertz CT molecular complexity index is 620. The summed E-state index contributed by atoms with van der Waals surface area (Å²) in [7, 11) is 0. The van der Waals surface area contributed by atoms with Crippen LogP contribution in [0, 0.1) is 17.3 Å². The van der Waals surface area contributed by atoms with Crippen molar-refractivity contribution in [2.75, 3.05) is 0 Å². The number of hydrogen-bond donors (Lipinski definition) is 1. The van der Waals surface area contributed by atoms with E-state index in [4.69, 9.17) is 4.74 Å². The van der Waals surface area contributed by atoms with Gasteiger partial charge in [-0.15, -0.1) is 0 Å². The first-order valence-corrected chi connectivity index (χ1v) is 10.2. The van der Waals surface area contributed by atoms with Crippen LogP contribution in [0.2, 0.25) is 0 Å². The largest absolute Gasteiger partial charge is 0.459 e. The first-order chi connectivity index (χ1) is 12.3. The van der Waals surface area contributed by atoms with E-state index in [0.29, 0.717) is 12.3 Å². The van der Waals surface area contributed by atoms with Gasteiger partial charge in [0.25, 0.3) is 0 Å². The lowest BCUT2D eigenvalue weighted by atomic mass is 9.43. The smallest absolute Gasteiger partial charge is 0.306 e. The van der Waals surface area contributed by atoms with Crippen molar-refractivity contribution in [2.24, 2.45) is 17.3 Å². The van der Waals surface area contributed by atoms with Crippen LogP contribution in [0.5, 0.6) is 0 Å². The zero-order valence-electron chi connectivity index (χ0n) is 16.7. The highest BCUT2D eigenvalue weighted by atomic mass is 16.6. The number of carbonyl (C=O) groups excluding carboxylic acids is 1. The van der Waals surface area contributed by atoms with E-state index < -0.39 is 5.60 Å². The number of ether oxygens (including phenoxy) is 1. The summed E-state index contributed by atoms with van der Waals surface area (Å²) < 4.78 is 5.84. The molecule has 0 aliphatic heterocycles. The van der Waals surface area contributed by atoms with Crippen molar-refractivity contribution < 1.29 is 14.6 Å². The van der Waals surface area contributed by atoms with Gasteiger partial charge in [-0.25, -0.2) is 0 Å². The SMILES string of the molecule is CCCC[C@H](CC(=O)O[C@H]1C[C@H]2C[C@H](C2(C)C)[C@@]1(C)O)c1ccccc1. The van der Waals surface area contributed by atoms with Crippen LogP contribution in [0.25, 0.3) is 0 Å². The van der Waals surface area contributed by atoms with E-state index in [1.54, 1.807) is 0 Å². The molecular weight excluding hydrogens is 324 g/mol. The Morgan fingerprint density at radius 1 is 1.23 bits per heavy atom. The lowest BCUT2D eigenvalue weighted by Gasteiger charge is -2.64. The minimum absolute atomic E-state index is 0.153. The van der Waals surface area contributed by atoms with Crippen molar-refractivity contribution in [2.45, 2.75) is 83.8 Å². The highest BCUT2D eigenvalue weighted by Crippen LogP contribution is 2.63. The molecule has 3 aliphatic carbocycles. The molecule has 4 rings (SSSR count). The molecule has 144 valence electrons. The molecule has 3 saturated carbocycles. The molecule has 0 radical (unpaired) electrons. The third kappa shape index (κ3) is 3.55. The summed E-state index contributed by atoms with van der Waals surface area (Å²) in [5.41, 5.74) is 0.442. The van der Waals surface area contributed by atoms with E-state index in [0.717, 1.165) is 32.1 Å². The maximum atomic E-state index is 12.7. The molecule has 0 heterocycles. The molecule has 3 heteroatoms. The number of esters is 1. The minimum atomic E-state index is -0.917. The van der Waals surface area contributed by atoms with Crippen LogP contribution in [0.15, 0.2) is 30.3 Å². The summed E-state index contributed by atoms with van der Waals surface area (Å²) >= 11 is 0. The van der Waals surface area contributed by atoms with Crippen LogP contribution in [0.3, 0.4) is 0 Å². The molecule has 0 aromatic heterocycles. The zero-order valence-corrected chi connectivity index (χ0v) is 16.7. The molecule has 1 N–H and O–H groups in total. The molecule has 0 amide bonds. The summed E-state index contributed by atoms with van der Waals surface area (Å²) in [6.07, 6.45) is 5.09. The Hall–Kier alpha value is -1.35. The molecule has 3 aliphatic rings. The van der Waals surface area contributed by atoms with Crippen LogP contribution in [0.4, 0.5) is 0 Å². The van der Waals surface area contributed by atoms with Gasteiger partial charge in [0.1, 0.15) is 11.7 Å². The topological polar surface area (TPSA) is 46.5 Å². The van der Waals surface area contributed by atoms with Gasteiger partial charge in [0.2, 0.25) is 0 Å². The van der Waals surface area contributed by atoms with Gasteiger partial charge >= 0.3 is 5.97 Å². The summed E-state index contributed by atoms with van der Waals surface area (Å²) in [4.78, 5) is 12.7. The molecule has 2 bridgehead atoms. The lowest BCUT2D eigenvalue weighted by molar-refractivity contribution is -0.253. The van der Waals surface area contributed by atoms with Gasteiger partial charge in [-0.3, -0.25) is 4.79 Å². The van der Waals surface area contributed by atoms with Gasteiger partial charge in [0.05, 0.1) is 6.42 Å². The van der Waals surface area contributed by atoms with Crippen LogP contribution < -0.4 is 0 Å². The molecule has 0 unspecified atom stereocenters. The third-order valence-electron chi connectivity index (χ3n) is 7.19. The molecule has 0 saturated heterocycles. The number of fused-ring (bicyclic) bond motifs is 2. The maximum Gasteiger partial charge on any atom is 0.306 e. The average molecular weight is 359 g/mol. The first-order valence-electron chi connectivity index (χ1n) is 10.2. The molecular formula is C23H34O3. The molecule has 1 aromatic rings. The fourth-order valence-electron chi connectivity index (χ4n) is 5.27. The second-order valence-corrected chi connectivity index (χ2v) is 9.20. The van der Waals surface area contributed by atoms with E-state index in [2.05, 4.69) is 32.9 Å². The number of aliphatic hydroxyl groups is 1. The highest BCUT2D eigenvalue weighted by Gasteiger charge is 2.64. The Balaban J connectivity index is 1.64. The van der Waals surface area contributed by atoms with Crippen LogP contribution in [-0.2, 0) is 9.53 Å². The van der Waals surface area contributed by atoms with Gasteiger partial charge in [-0.2, -0.15) is 0 Å². The Morgan fingerprint density at radius 2 is 1.92 bits per heavy atom. The lowest BCUT2D eigenvalue weighted by Crippen LogP contribution is -2.67. The Labute approximate surface area is 158 Å². The van der Waals surface area contributed by atoms with Gasteiger partial charge in [-0.05, 0) is 54.9 Å². The number of rotatable bonds is 7. The predicted octanol–water partition coefficient (Wildman–Crippen LogP) is 5.08. The van der Waals surface area contributed by atoms with Crippen LogP contribution in [-0.4, -0.2) is 22.8 Å². The fourth-order valence-corrected chi connectivity index (χ4v) is 5.27.